The number of aromatic nitrogens is 1. The quantitative estimate of drug-likeness (QED) is 0.253. The summed E-state index contributed by atoms with van der Waals surface area (Å²) in [6.07, 6.45) is 6.45. The molecule has 0 saturated heterocycles. The fourth-order valence-electron chi connectivity index (χ4n) is 6.58. The molecule has 1 aromatic carbocycles. The molecule has 5 rings (SSSR count). The van der Waals surface area contributed by atoms with E-state index in [1.165, 1.54) is 42.7 Å². The topological polar surface area (TPSA) is 46.5 Å². The fraction of sp³-hybridized carbons (Fsp3) is 0.469. The van der Waals surface area contributed by atoms with Crippen molar-refractivity contribution in [3.05, 3.63) is 59.4 Å². The van der Waals surface area contributed by atoms with Crippen molar-refractivity contribution in [3.8, 4) is 10.6 Å². The van der Waals surface area contributed by atoms with Crippen LogP contribution in [0.3, 0.4) is 0 Å². The van der Waals surface area contributed by atoms with Gasteiger partial charge >= 0.3 is 0 Å². The molecule has 0 amide bonds. The third-order valence-electron chi connectivity index (χ3n) is 8.94. The molecule has 4 heterocycles. The lowest BCUT2D eigenvalue weighted by Gasteiger charge is -2.40. The van der Waals surface area contributed by atoms with Gasteiger partial charge in [0.05, 0.1) is 4.88 Å². The van der Waals surface area contributed by atoms with E-state index < -0.39 is 0 Å². The van der Waals surface area contributed by atoms with Gasteiger partial charge in [0.25, 0.3) is 0 Å². The number of rotatable bonds is 7. The summed E-state index contributed by atoms with van der Waals surface area (Å²) in [5.74, 6) is 1.77. The summed E-state index contributed by atoms with van der Waals surface area (Å²) in [6.45, 7) is 14.6. The predicted molar refractivity (Wildman–Crippen MR) is 154 cm³/mol. The first-order valence-electron chi connectivity index (χ1n) is 13.5. The second-order valence-corrected chi connectivity index (χ2v) is 12.3. The maximum atomic E-state index is 10.2. The highest BCUT2D eigenvalue weighted by molar-refractivity contribution is 7.22. The number of nitrogens with zero attached hydrogens (tertiary/aromatic N) is 1. The van der Waals surface area contributed by atoms with Crippen LogP contribution in [0.25, 0.3) is 37.3 Å². The second-order valence-electron chi connectivity index (χ2n) is 11.2. The van der Waals surface area contributed by atoms with Gasteiger partial charge in [-0.25, -0.2) is 0 Å². The number of furan rings is 1. The van der Waals surface area contributed by atoms with Gasteiger partial charge in [-0.05, 0) is 50.2 Å². The normalized spacial score (nSPS) is 22.0. The predicted octanol–water partition coefficient (Wildman–Crippen LogP) is 7.87. The molecule has 4 aromatic rings. The number of para-hydroxylation sites is 1. The lowest BCUT2D eigenvalue weighted by molar-refractivity contribution is -0.733. The summed E-state index contributed by atoms with van der Waals surface area (Å²) in [6, 6.07) is 10.8. The highest BCUT2D eigenvalue weighted by atomic mass is 32.1. The first-order chi connectivity index (χ1) is 17.7. The van der Waals surface area contributed by atoms with Crippen LogP contribution in [0.2, 0.25) is 0 Å². The van der Waals surface area contributed by atoms with Gasteiger partial charge in [0.2, 0.25) is 5.69 Å². The Morgan fingerprint density at radius 2 is 1.84 bits per heavy atom. The van der Waals surface area contributed by atoms with Crippen LogP contribution in [0.15, 0.2) is 47.0 Å². The molecule has 0 bridgehead atoms. The van der Waals surface area contributed by atoms with E-state index >= 15 is 0 Å². The molecule has 1 aliphatic rings. The Labute approximate surface area is 224 Å². The summed E-state index contributed by atoms with van der Waals surface area (Å²) >= 11 is 1.84. The Bertz CT molecular complexity index is 1480. The van der Waals surface area contributed by atoms with E-state index in [1.54, 1.807) is 7.11 Å². The van der Waals surface area contributed by atoms with E-state index in [2.05, 4.69) is 82.6 Å². The lowest BCUT2D eigenvalue weighted by atomic mass is 9.64. The van der Waals surface area contributed by atoms with Crippen LogP contribution in [0, 0.1) is 31.1 Å². The first kappa shape index (κ1) is 26.1. The molecule has 3 aromatic heterocycles. The summed E-state index contributed by atoms with van der Waals surface area (Å²) in [4.78, 5) is 1.20. The van der Waals surface area contributed by atoms with Crippen LogP contribution >= 0.6 is 11.3 Å². The van der Waals surface area contributed by atoms with Crippen LogP contribution in [0.1, 0.15) is 63.4 Å². The SMILES string of the molecule is COCC[C@H]1C(CCO)[n+]2ccc3c(C)c(-c4oc5ccccc5c4C)sc3c2C(C)=C[C@@]1(C)C(C)C. The van der Waals surface area contributed by atoms with Crippen molar-refractivity contribution in [3.63, 3.8) is 0 Å². The van der Waals surface area contributed by atoms with Crippen molar-refractivity contribution in [2.75, 3.05) is 20.3 Å². The Hall–Kier alpha value is -2.47. The number of thiophene rings is 1. The van der Waals surface area contributed by atoms with E-state index in [9.17, 15) is 5.11 Å². The molecule has 1 unspecified atom stereocenters. The third-order valence-corrected chi connectivity index (χ3v) is 10.3. The molecule has 1 N–H and O–H groups in total. The number of aryl methyl sites for hydroxylation is 2. The van der Waals surface area contributed by atoms with Gasteiger partial charge in [0, 0.05) is 60.6 Å². The van der Waals surface area contributed by atoms with Gasteiger partial charge < -0.3 is 14.3 Å². The Morgan fingerprint density at radius 1 is 1.08 bits per heavy atom. The van der Waals surface area contributed by atoms with Gasteiger partial charge in [-0.15, -0.1) is 11.3 Å². The molecule has 3 atom stereocenters. The summed E-state index contributed by atoms with van der Waals surface area (Å²) in [5.41, 5.74) is 5.96. The molecule has 0 radical (unpaired) electrons. The van der Waals surface area contributed by atoms with Crippen molar-refractivity contribution in [1.29, 1.82) is 0 Å². The summed E-state index contributed by atoms with van der Waals surface area (Å²) in [5, 5.41) is 12.6. The van der Waals surface area contributed by atoms with Crippen LogP contribution in [0.5, 0.6) is 0 Å². The average Bonchev–Trinajstić information content (AvgIpc) is 3.36. The monoisotopic (exact) mass is 518 g/mol. The molecule has 4 nitrogen and oxygen atoms in total. The molecule has 0 aliphatic carbocycles. The Balaban J connectivity index is 1.77. The molecule has 5 heteroatoms. The smallest absolute Gasteiger partial charge is 0.226 e. The third kappa shape index (κ3) is 4.16. The number of hydrogen-bond donors (Lipinski definition) is 1. The molecular weight excluding hydrogens is 478 g/mol. The number of hydrogen-bond acceptors (Lipinski definition) is 4. The van der Waals surface area contributed by atoms with Crippen LogP contribution in [-0.2, 0) is 4.74 Å². The van der Waals surface area contributed by atoms with E-state index in [-0.39, 0.29) is 18.1 Å². The highest BCUT2D eigenvalue weighted by Gasteiger charge is 2.47. The van der Waals surface area contributed by atoms with E-state index in [0.29, 0.717) is 18.4 Å². The zero-order valence-corrected chi connectivity index (χ0v) is 24.0. The minimum absolute atomic E-state index is 0.0226. The van der Waals surface area contributed by atoms with Gasteiger partial charge in [0.1, 0.15) is 16.0 Å². The van der Waals surface area contributed by atoms with E-state index in [4.69, 9.17) is 9.15 Å². The lowest BCUT2D eigenvalue weighted by Crippen LogP contribution is -2.50. The number of pyridine rings is 1. The maximum absolute atomic E-state index is 10.2. The number of allylic oxidation sites excluding steroid dienone is 2. The number of aliphatic hydroxyl groups is 1. The second kappa shape index (κ2) is 10.0. The Kier molecular flexibility index (Phi) is 7.08. The van der Waals surface area contributed by atoms with Crippen LogP contribution in [-0.4, -0.2) is 25.4 Å². The minimum Gasteiger partial charge on any atom is -0.455 e. The number of aliphatic hydroxyl groups excluding tert-OH is 1. The average molecular weight is 519 g/mol. The number of benzene rings is 1. The largest absolute Gasteiger partial charge is 0.455 e. The van der Waals surface area contributed by atoms with Crippen LogP contribution in [0.4, 0.5) is 0 Å². The number of methoxy groups -OCH3 is 1. The standard InChI is InChI=1S/C32H40NO3S/c1-19(2)32(6)18-20(3)28-31-24(12-15-33(28)26(13-16-34)25(32)14-17-35-7)22(5)30(37-31)29-21(4)23-10-8-9-11-27(23)36-29/h8-12,15,18-19,25-26,34H,13-14,16-17H2,1-7H3/q+1/t25-,26?,32-/m0/s1. The molecular formula is C32H40NO3S+. The maximum Gasteiger partial charge on any atom is 0.226 e. The fourth-order valence-corrected chi connectivity index (χ4v) is 8.03. The molecule has 0 fully saturated rings. The van der Waals surface area contributed by atoms with E-state index in [0.717, 1.165) is 24.2 Å². The van der Waals surface area contributed by atoms with Gasteiger partial charge in [-0.2, -0.15) is 4.57 Å². The molecule has 0 spiro atoms. The number of ether oxygens (including phenoxy) is 1. The van der Waals surface area contributed by atoms with Crippen molar-refractivity contribution in [1.82, 2.24) is 0 Å². The number of fused-ring (bicyclic) bond motifs is 4. The highest BCUT2D eigenvalue weighted by Crippen LogP contribution is 2.50. The van der Waals surface area contributed by atoms with Crippen molar-refractivity contribution >= 4 is 38.0 Å². The zero-order chi connectivity index (χ0) is 26.5. The minimum atomic E-state index is -0.0226. The zero-order valence-electron chi connectivity index (χ0n) is 23.2. The van der Waals surface area contributed by atoms with E-state index in [1.807, 2.05) is 17.4 Å². The van der Waals surface area contributed by atoms with Crippen LogP contribution < -0.4 is 4.57 Å². The van der Waals surface area contributed by atoms with Gasteiger partial charge in [0.15, 0.2) is 12.2 Å². The summed E-state index contributed by atoms with van der Waals surface area (Å²) < 4.78 is 15.8. The van der Waals surface area contributed by atoms with Gasteiger partial charge in [-0.1, -0.05) is 45.0 Å². The molecule has 1 aliphatic heterocycles. The van der Waals surface area contributed by atoms with Crippen molar-refractivity contribution in [2.24, 2.45) is 17.3 Å². The van der Waals surface area contributed by atoms with Gasteiger partial charge in [-0.3, -0.25) is 0 Å². The van der Waals surface area contributed by atoms with Crippen molar-refractivity contribution < 1.29 is 18.8 Å². The summed E-state index contributed by atoms with van der Waals surface area (Å²) in [7, 11) is 1.78. The van der Waals surface area contributed by atoms with Crippen molar-refractivity contribution in [2.45, 2.75) is 60.4 Å². The first-order valence-corrected chi connectivity index (χ1v) is 14.3. The molecule has 196 valence electrons. The molecule has 0 saturated carbocycles. The Morgan fingerprint density at radius 3 is 2.51 bits per heavy atom. The molecule has 37 heavy (non-hydrogen) atoms.